The third kappa shape index (κ3) is 4.69. The van der Waals surface area contributed by atoms with Gasteiger partial charge in [-0.2, -0.15) is 0 Å². The van der Waals surface area contributed by atoms with E-state index in [1.165, 1.54) is 24.3 Å². The van der Waals surface area contributed by atoms with Crippen LogP contribution in [-0.4, -0.2) is 47.7 Å². The van der Waals surface area contributed by atoms with Gasteiger partial charge >= 0.3 is 0 Å². The molecule has 0 radical (unpaired) electrons. The van der Waals surface area contributed by atoms with E-state index in [2.05, 4.69) is 5.32 Å². The molecule has 2 heterocycles. The molecule has 0 saturated carbocycles. The number of aliphatic hydroxyl groups excluding tert-OH is 2. The lowest BCUT2D eigenvalue weighted by atomic mass is 9.98. The highest BCUT2D eigenvalue weighted by Gasteiger charge is 2.29. The molecule has 0 aromatic heterocycles. The highest BCUT2D eigenvalue weighted by Crippen LogP contribution is 2.30. The van der Waals surface area contributed by atoms with Crippen molar-refractivity contribution in [2.75, 3.05) is 13.1 Å². The van der Waals surface area contributed by atoms with Crippen LogP contribution in [0, 0.1) is 11.6 Å². The first-order chi connectivity index (χ1) is 14.0. The molecule has 0 amide bonds. The molecule has 0 spiro atoms. The van der Waals surface area contributed by atoms with E-state index in [1.54, 1.807) is 12.1 Å². The van der Waals surface area contributed by atoms with E-state index < -0.39 is 12.2 Å². The van der Waals surface area contributed by atoms with Crippen molar-refractivity contribution in [1.29, 1.82) is 0 Å². The Kier molecular flexibility index (Phi) is 5.99. The van der Waals surface area contributed by atoms with Crippen LogP contribution in [0.4, 0.5) is 8.78 Å². The van der Waals surface area contributed by atoms with Crippen LogP contribution < -0.4 is 14.8 Å². The van der Waals surface area contributed by atoms with Gasteiger partial charge in [-0.3, -0.25) is 0 Å². The fraction of sp³-hybridized carbons (Fsp3) is 0.455. The molecule has 0 saturated heterocycles. The standard InChI is InChI=1S/C22H25F2NO4/c23-15-3-7-19-13(9-15)1-5-21(28-19)17(26)11-25-12-18(27)22-6-2-14-10-16(24)4-8-20(14)29-22/h3-4,7-10,17-18,21-22,25-27H,1-2,5-6,11-12H2/t17?,18?,21-,22?/m1/s1. The lowest BCUT2D eigenvalue weighted by Crippen LogP contribution is -2.46. The minimum Gasteiger partial charge on any atom is -0.487 e. The number of rotatable bonds is 6. The van der Waals surface area contributed by atoms with Gasteiger partial charge in [0.05, 0.1) is 0 Å². The third-order valence-electron chi connectivity index (χ3n) is 5.56. The van der Waals surface area contributed by atoms with Gasteiger partial charge in [0, 0.05) is 13.1 Å². The largest absolute Gasteiger partial charge is 0.487 e. The van der Waals surface area contributed by atoms with Crippen LogP contribution in [0.3, 0.4) is 0 Å². The summed E-state index contributed by atoms with van der Waals surface area (Å²) in [5, 5.41) is 23.9. The van der Waals surface area contributed by atoms with Crippen molar-refractivity contribution in [3.05, 3.63) is 59.2 Å². The first-order valence-electron chi connectivity index (χ1n) is 9.96. The lowest BCUT2D eigenvalue weighted by Gasteiger charge is -2.31. The zero-order valence-corrected chi connectivity index (χ0v) is 16.0. The summed E-state index contributed by atoms with van der Waals surface area (Å²) in [5.41, 5.74) is 1.62. The molecule has 29 heavy (non-hydrogen) atoms. The van der Waals surface area contributed by atoms with Crippen LogP contribution in [-0.2, 0) is 12.8 Å². The predicted molar refractivity (Wildman–Crippen MR) is 103 cm³/mol. The predicted octanol–water partition coefficient (Wildman–Crippen LogP) is 2.36. The number of benzene rings is 2. The van der Waals surface area contributed by atoms with Crippen molar-refractivity contribution < 1.29 is 28.5 Å². The SMILES string of the molecule is OC(CNCC(O)[C@H]1CCc2cc(F)ccc2O1)C1CCc2cc(F)ccc2O1. The molecular weight excluding hydrogens is 380 g/mol. The number of aryl methyl sites for hydroxylation is 2. The quantitative estimate of drug-likeness (QED) is 0.688. The van der Waals surface area contributed by atoms with Gasteiger partial charge in [-0.1, -0.05) is 0 Å². The molecule has 4 atom stereocenters. The fourth-order valence-electron chi connectivity index (χ4n) is 3.94. The van der Waals surface area contributed by atoms with E-state index in [0.717, 1.165) is 11.1 Å². The first kappa shape index (κ1) is 20.1. The molecule has 3 N–H and O–H groups in total. The highest BCUT2D eigenvalue weighted by atomic mass is 19.1. The average molecular weight is 405 g/mol. The molecule has 5 nitrogen and oxygen atoms in total. The summed E-state index contributed by atoms with van der Waals surface area (Å²) >= 11 is 0. The summed E-state index contributed by atoms with van der Waals surface area (Å²) in [4.78, 5) is 0. The van der Waals surface area contributed by atoms with E-state index in [1.807, 2.05) is 0 Å². The highest BCUT2D eigenvalue weighted by molar-refractivity contribution is 5.36. The van der Waals surface area contributed by atoms with Gasteiger partial charge in [-0.15, -0.1) is 0 Å². The maximum atomic E-state index is 13.3. The number of nitrogens with one attached hydrogen (secondary N) is 1. The number of hydrogen-bond donors (Lipinski definition) is 3. The van der Waals surface area contributed by atoms with E-state index in [9.17, 15) is 19.0 Å². The van der Waals surface area contributed by atoms with Crippen molar-refractivity contribution in [3.8, 4) is 11.5 Å². The van der Waals surface area contributed by atoms with Crippen molar-refractivity contribution in [2.24, 2.45) is 0 Å². The average Bonchev–Trinajstić information content (AvgIpc) is 2.72. The molecule has 0 aliphatic carbocycles. The van der Waals surface area contributed by atoms with Crippen molar-refractivity contribution in [1.82, 2.24) is 5.32 Å². The maximum absolute atomic E-state index is 13.3. The summed E-state index contributed by atoms with van der Waals surface area (Å²) in [5.74, 6) is 0.624. The van der Waals surface area contributed by atoms with Crippen LogP contribution >= 0.6 is 0 Å². The summed E-state index contributed by atoms with van der Waals surface area (Å²) < 4.78 is 38.2. The Morgan fingerprint density at radius 1 is 0.828 bits per heavy atom. The zero-order chi connectivity index (χ0) is 20.4. The normalized spacial score (nSPS) is 22.6. The van der Waals surface area contributed by atoms with Crippen LogP contribution in [0.2, 0.25) is 0 Å². The number of ether oxygens (including phenoxy) is 2. The van der Waals surface area contributed by atoms with Crippen molar-refractivity contribution in [2.45, 2.75) is 50.1 Å². The minimum atomic E-state index is -0.753. The smallest absolute Gasteiger partial charge is 0.126 e. The first-order valence-corrected chi connectivity index (χ1v) is 9.96. The molecule has 2 aromatic rings. The van der Waals surface area contributed by atoms with Gasteiger partial charge in [-0.05, 0) is 73.2 Å². The van der Waals surface area contributed by atoms with Gasteiger partial charge < -0.3 is 25.0 Å². The van der Waals surface area contributed by atoms with E-state index in [4.69, 9.17) is 9.47 Å². The van der Waals surface area contributed by atoms with Gasteiger partial charge in [-0.25, -0.2) is 8.78 Å². The summed E-state index contributed by atoms with van der Waals surface area (Å²) in [6.07, 6.45) is 0.214. The maximum Gasteiger partial charge on any atom is 0.126 e. The van der Waals surface area contributed by atoms with Crippen LogP contribution in [0.1, 0.15) is 24.0 Å². The second-order valence-corrected chi connectivity index (χ2v) is 7.69. The van der Waals surface area contributed by atoms with Crippen LogP contribution in [0.25, 0.3) is 0 Å². The van der Waals surface area contributed by atoms with Gasteiger partial charge in [0.25, 0.3) is 0 Å². The second kappa shape index (κ2) is 8.65. The topological polar surface area (TPSA) is 71.0 Å². The van der Waals surface area contributed by atoms with Gasteiger partial charge in [0.15, 0.2) is 0 Å². The molecule has 0 bridgehead atoms. The molecule has 156 valence electrons. The Morgan fingerprint density at radius 2 is 1.28 bits per heavy atom. The summed E-state index contributed by atoms with van der Waals surface area (Å²) in [6, 6.07) is 8.79. The van der Waals surface area contributed by atoms with Crippen molar-refractivity contribution >= 4 is 0 Å². The van der Waals surface area contributed by atoms with E-state index in [-0.39, 0.29) is 36.9 Å². The monoisotopic (exact) mass is 405 g/mol. The number of hydrogen-bond acceptors (Lipinski definition) is 5. The summed E-state index contributed by atoms with van der Waals surface area (Å²) in [6.45, 7) is 0.513. The van der Waals surface area contributed by atoms with Crippen LogP contribution in [0.5, 0.6) is 11.5 Å². The van der Waals surface area contributed by atoms with Gasteiger partial charge in [0.2, 0.25) is 0 Å². The zero-order valence-electron chi connectivity index (χ0n) is 16.0. The Hall–Kier alpha value is -2.22. The molecule has 0 fully saturated rings. The number of fused-ring (bicyclic) bond motifs is 2. The molecule has 2 aliphatic heterocycles. The Bertz CT molecular complexity index is 793. The van der Waals surface area contributed by atoms with Gasteiger partial charge in [0.1, 0.15) is 47.5 Å². The summed E-state index contributed by atoms with van der Waals surface area (Å²) in [7, 11) is 0. The molecule has 3 unspecified atom stereocenters. The number of halogens is 2. The molecule has 2 aromatic carbocycles. The molecule has 7 heteroatoms. The Labute approximate surface area is 168 Å². The van der Waals surface area contributed by atoms with E-state index in [0.29, 0.717) is 37.2 Å². The Balaban J connectivity index is 1.24. The van der Waals surface area contributed by atoms with E-state index >= 15 is 0 Å². The van der Waals surface area contributed by atoms with Crippen molar-refractivity contribution in [3.63, 3.8) is 0 Å². The lowest BCUT2D eigenvalue weighted by molar-refractivity contribution is 0.00892. The third-order valence-corrected chi connectivity index (χ3v) is 5.56. The Morgan fingerprint density at radius 3 is 1.72 bits per heavy atom. The second-order valence-electron chi connectivity index (χ2n) is 7.69. The molecular formula is C22H25F2NO4. The molecule has 2 aliphatic rings. The fourth-order valence-corrected chi connectivity index (χ4v) is 3.94. The van der Waals surface area contributed by atoms with Crippen LogP contribution in [0.15, 0.2) is 36.4 Å². The molecule has 4 rings (SSSR count). The number of aliphatic hydroxyl groups is 2. The minimum absolute atomic E-state index is 0.257.